The van der Waals surface area contributed by atoms with E-state index >= 15 is 0 Å². The van der Waals surface area contributed by atoms with Gasteiger partial charge in [-0.05, 0) is 25.2 Å². The van der Waals surface area contributed by atoms with Crippen LogP contribution in [0.2, 0.25) is 0 Å². The fourth-order valence-electron chi connectivity index (χ4n) is 1.85. The first-order chi connectivity index (χ1) is 7.19. The quantitative estimate of drug-likeness (QED) is 0.709. The van der Waals surface area contributed by atoms with Crippen LogP contribution in [0.4, 0.5) is 0 Å². The molecular formula is C11H21NO3. The Hall–Kier alpha value is -0.610. The Morgan fingerprint density at radius 3 is 2.87 bits per heavy atom. The summed E-state index contributed by atoms with van der Waals surface area (Å²) in [6.07, 6.45) is 2.11. The van der Waals surface area contributed by atoms with Gasteiger partial charge in [-0.2, -0.15) is 0 Å². The molecule has 1 heterocycles. The molecule has 0 saturated carbocycles. The van der Waals surface area contributed by atoms with Crippen LogP contribution in [0.5, 0.6) is 0 Å². The average molecular weight is 215 g/mol. The first-order valence-electron chi connectivity index (χ1n) is 5.71. The molecule has 1 fully saturated rings. The van der Waals surface area contributed by atoms with Gasteiger partial charge in [0.2, 0.25) is 5.91 Å². The second kappa shape index (κ2) is 6.08. The van der Waals surface area contributed by atoms with Crippen molar-refractivity contribution in [3.63, 3.8) is 0 Å². The summed E-state index contributed by atoms with van der Waals surface area (Å²) >= 11 is 0. The number of aliphatic hydroxyl groups is 1. The number of rotatable bonds is 5. The molecule has 1 saturated heterocycles. The molecule has 1 rings (SSSR count). The summed E-state index contributed by atoms with van der Waals surface area (Å²) in [6, 6.07) is 0.0684. The maximum atomic E-state index is 11.8. The Balaban J connectivity index is 2.39. The van der Waals surface area contributed by atoms with Crippen molar-refractivity contribution >= 4 is 5.91 Å². The lowest BCUT2D eigenvalue weighted by Crippen LogP contribution is -2.43. The molecule has 0 aliphatic carbocycles. The third-order valence-corrected chi connectivity index (χ3v) is 2.96. The van der Waals surface area contributed by atoms with Crippen LogP contribution >= 0.6 is 0 Å². The molecule has 0 aromatic rings. The van der Waals surface area contributed by atoms with E-state index in [4.69, 9.17) is 9.84 Å². The largest absolute Gasteiger partial charge is 0.396 e. The molecule has 1 amide bonds. The second-order valence-corrected chi connectivity index (χ2v) is 4.18. The predicted octanol–water partition coefficient (Wildman–Crippen LogP) is 0.689. The van der Waals surface area contributed by atoms with E-state index in [1.807, 2.05) is 13.8 Å². The highest BCUT2D eigenvalue weighted by atomic mass is 16.5. The molecule has 1 aliphatic rings. The zero-order valence-corrected chi connectivity index (χ0v) is 9.53. The van der Waals surface area contributed by atoms with Crippen LogP contribution in [0.25, 0.3) is 0 Å². The van der Waals surface area contributed by atoms with Crippen molar-refractivity contribution in [2.75, 3.05) is 13.2 Å². The Morgan fingerprint density at radius 2 is 2.40 bits per heavy atom. The molecule has 4 nitrogen and oxygen atoms in total. The van der Waals surface area contributed by atoms with Gasteiger partial charge in [0.1, 0.15) is 6.10 Å². The smallest absolute Gasteiger partial charge is 0.249 e. The number of carbonyl (C=O) groups excluding carboxylic acids is 1. The van der Waals surface area contributed by atoms with Gasteiger partial charge < -0.3 is 15.2 Å². The van der Waals surface area contributed by atoms with Gasteiger partial charge in [-0.25, -0.2) is 0 Å². The minimum atomic E-state index is -0.294. The number of aliphatic hydroxyl groups excluding tert-OH is 1. The predicted molar refractivity (Wildman–Crippen MR) is 57.4 cm³/mol. The molecule has 0 bridgehead atoms. The van der Waals surface area contributed by atoms with Crippen molar-refractivity contribution in [3.05, 3.63) is 0 Å². The fraction of sp³-hybridized carbons (Fsp3) is 0.909. The molecule has 0 aromatic heterocycles. The zero-order chi connectivity index (χ0) is 11.3. The first kappa shape index (κ1) is 12.5. The van der Waals surface area contributed by atoms with Crippen molar-refractivity contribution in [1.29, 1.82) is 0 Å². The third kappa shape index (κ3) is 3.47. The topological polar surface area (TPSA) is 58.6 Å². The van der Waals surface area contributed by atoms with Gasteiger partial charge in [-0.3, -0.25) is 4.79 Å². The highest BCUT2D eigenvalue weighted by Gasteiger charge is 2.31. The molecule has 0 aromatic carbocycles. The molecule has 1 aliphatic heterocycles. The van der Waals surface area contributed by atoms with Crippen LogP contribution in [0.3, 0.4) is 0 Å². The van der Waals surface area contributed by atoms with Gasteiger partial charge >= 0.3 is 0 Å². The summed E-state index contributed by atoms with van der Waals surface area (Å²) in [7, 11) is 0. The highest BCUT2D eigenvalue weighted by molar-refractivity contribution is 5.81. The van der Waals surface area contributed by atoms with Gasteiger partial charge in [-0.15, -0.1) is 0 Å². The Morgan fingerprint density at radius 1 is 1.67 bits per heavy atom. The summed E-state index contributed by atoms with van der Waals surface area (Å²) in [6.45, 7) is 4.82. The Labute approximate surface area is 91.0 Å². The van der Waals surface area contributed by atoms with Gasteiger partial charge in [0, 0.05) is 19.3 Å². The van der Waals surface area contributed by atoms with E-state index in [9.17, 15) is 4.79 Å². The summed E-state index contributed by atoms with van der Waals surface area (Å²) in [5, 5.41) is 11.7. The maximum Gasteiger partial charge on any atom is 0.249 e. The summed E-state index contributed by atoms with van der Waals surface area (Å²) in [5.74, 6) is 0.275. The van der Waals surface area contributed by atoms with E-state index in [1.165, 1.54) is 0 Å². The van der Waals surface area contributed by atoms with Crippen molar-refractivity contribution in [1.82, 2.24) is 5.32 Å². The SMILES string of the molecule is CCC(CCO)NC(=O)C1OCCC1C. The minimum absolute atomic E-state index is 0.0275. The first-order valence-corrected chi connectivity index (χ1v) is 5.71. The van der Waals surface area contributed by atoms with Crippen LogP contribution in [0, 0.1) is 5.92 Å². The third-order valence-electron chi connectivity index (χ3n) is 2.96. The van der Waals surface area contributed by atoms with E-state index in [0.717, 1.165) is 12.8 Å². The van der Waals surface area contributed by atoms with Crippen LogP contribution in [-0.2, 0) is 9.53 Å². The molecule has 2 N–H and O–H groups in total. The van der Waals surface area contributed by atoms with E-state index < -0.39 is 0 Å². The van der Waals surface area contributed by atoms with Gasteiger partial charge in [0.25, 0.3) is 0 Å². The Bertz CT molecular complexity index is 208. The van der Waals surface area contributed by atoms with E-state index in [2.05, 4.69) is 5.32 Å². The van der Waals surface area contributed by atoms with Gasteiger partial charge in [0.15, 0.2) is 0 Å². The van der Waals surface area contributed by atoms with Crippen molar-refractivity contribution < 1.29 is 14.6 Å². The maximum absolute atomic E-state index is 11.8. The van der Waals surface area contributed by atoms with Crippen LogP contribution in [0.15, 0.2) is 0 Å². The lowest BCUT2D eigenvalue weighted by atomic mass is 10.0. The second-order valence-electron chi connectivity index (χ2n) is 4.18. The van der Waals surface area contributed by atoms with Crippen molar-refractivity contribution in [2.45, 2.75) is 45.3 Å². The molecule has 3 unspecified atom stereocenters. The molecule has 88 valence electrons. The number of amides is 1. The van der Waals surface area contributed by atoms with Crippen LogP contribution < -0.4 is 5.32 Å². The number of ether oxygens (including phenoxy) is 1. The van der Waals surface area contributed by atoms with Gasteiger partial charge in [-0.1, -0.05) is 13.8 Å². The summed E-state index contributed by atoms with van der Waals surface area (Å²) < 4.78 is 5.38. The number of hydrogen-bond acceptors (Lipinski definition) is 3. The van der Waals surface area contributed by atoms with E-state index in [-0.39, 0.29) is 24.7 Å². The number of nitrogens with one attached hydrogen (secondary N) is 1. The molecule has 0 radical (unpaired) electrons. The molecule has 3 atom stereocenters. The lowest BCUT2D eigenvalue weighted by Gasteiger charge is -2.20. The number of carbonyl (C=O) groups is 1. The van der Waals surface area contributed by atoms with E-state index in [1.54, 1.807) is 0 Å². The van der Waals surface area contributed by atoms with Crippen LogP contribution in [-0.4, -0.2) is 36.4 Å². The lowest BCUT2D eigenvalue weighted by molar-refractivity contribution is -0.132. The van der Waals surface area contributed by atoms with Crippen molar-refractivity contribution in [3.8, 4) is 0 Å². The van der Waals surface area contributed by atoms with Crippen molar-refractivity contribution in [2.24, 2.45) is 5.92 Å². The summed E-state index contributed by atoms with van der Waals surface area (Å²) in [5.41, 5.74) is 0. The van der Waals surface area contributed by atoms with Crippen LogP contribution in [0.1, 0.15) is 33.1 Å². The number of hydrogen-bond donors (Lipinski definition) is 2. The normalized spacial score (nSPS) is 27.7. The summed E-state index contributed by atoms with van der Waals surface area (Å²) in [4.78, 5) is 11.8. The highest BCUT2D eigenvalue weighted by Crippen LogP contribution is 2.20. The molecule has 0 spiro atoms. The average Bonchev–Trinajstić information content (AvgIpc) is 2.63. The Kier molecular flexibility index (Phi) is 5.05. The zero-order valence-electron chi connectivity index (χ0n) is 9.53. The fourth-order valence-corrected chi connectivity index (χ4v) is 1.85. The standard InChI is InChI=1S/C11H21NO3/c1-3-9(4-6-13)12-11(14)10-8(2)5-7-15-10/h8-10,13H,3-7H2,1-2H3,(H,12,14). The monoisotopic (exact) mass is 215 g/mol. The van der Waals surface area contributed by atoms with Gasteiger partial charge in [0.05, 0.1) is 0 Å². The minimum Gasteiger partial charge on any atom is -0.396 e. The molecule has 4 heteroatoms. The molecular weight excluding hydrogens is 194 g/mol. The van der Waals surface area contributed by atoms with E-state index in [0.29, 0.717) is 18.9 Å². The molecule has 15 heavy (non-hydrogen) atoms.